The molecule has 0 heterocycles. The Balaban J connectivity index is 2.10. The number of phenols is 1. The minimum atomic E-state index is -0.845. The molecule has 1 unspecified atom stereocenters. The van der Waals surface area contributed by atoms with Crippen molar-refractivity contribution < 1.29 is 9.90 Å². The fourth-order valence-electron chi connectivity index (χ4n) is 1.70. The van der Waals surface area contributed by atoms with Crippen LogP contribution in [-0.4, -0.2) is 16.6 Å². The Labute approximate surface area is 94.5 Å². The molecule has 1 fully saturated rings. The number of rotatable bonds is 3. The monoisotopic (exact) mass is 220 g/mol. The largest absolute Gasteiger partial charge is 0.506 e. The second kappa shape index (κ2) is 3.79. The summed E-state index contributed by atoms with van der Waals surface area (Å²) in [6.45, 7) is 1.74. The quantitative estimate of drug-likeness (QED) is 0.675. The van der Waals surface area contributed by atoms with Crippen LogP contribution in [0.15, 0.2) is 24.3 Å². The predicted molar refractivity (Wildman–Crippen MR) is 62.1 cm³/mol. The molecule has 1 saturated carbocycles. The molecule has 4 nitrogen and oxygen atoms in total. The van der Waals surface area contributed by atoms with Gasteiger partial charge in [-0.05, 0) is 37.8 Å². The fraction of sp³-hybridized carbons (Fsp3) is 0.417. The first kappa shape index (κ1) is 11.0. The Morgan fingerprint density at radius 2 is 2.12 bits per heavy atom. The van der Waals surface area contributed by atoms with E-state index in [-0.39, 0.29) is 17.6 Å². The standard InChI is InChI=1S/C12H16N2O2/c1-12(13,8-6-7-8)11(16)14-9-4-2-3-5-10(9)15/h2-5,8,15H,6-7,13H2,1H3,(H,14,16). The SMILES string of the molecule is CC(N)(C(=O)Nc1ccccc1O)C1CC1. The van der Waals surface area contributed by atoms with E-state index in [2.05, 4.69) is 5.32 Å². The Morgan fingerprint density at radius 3 is 2.69 bits per heavy atom. The van der Waals surface area contributed by atoms with Crippen LogP contribution in [-0.2, 0) is 4.79 Å². The summed E-state index contributed by atoms with van der Waals surface area (Å²) < 4.78 is 0. The predicted octanol–water partition coefficient (Wildman–Crippen LogP) is 1.46. The molecule has 1 atom stereocenters. The fourth-order valence-corrected chi connectivity index (χ4v) is 1.70. The van der Waals surface area contributed by atoms with Crippen LogP contribution in [0.3, 0.4) is 0 Å². The van der Waals surface area contributed by atoms with E-state index >= 15 is 0 Å². The van der Waals surface area contributed by atoms with Crippen molar-refractivity contribution >= 4 is 11.6 Å². The third-order valence-electron chi connectivity index (χ3n) is 3.07. The van der Waals surface area contributed by atoms with Crippen LogP contribution in [0.25, 0.3) is 0 Å². The molecular weight excluding hydrogens is 204 g/mol. The first-order valence-electron chi connectivity index (χ1n) is 5.40. The molecule has 4 heteroatoms. The lowest BCUT2D eigenvalue weighted by atomic mass is 9.96. The van der Waals surface area contributed by atoms with E-state index in [4.69, 9.17) is 5.73 Å². The van der Waals surface area contributed by atoms with Gasteiger partial charge < -0.3 is 16.2 Å². The van der Waals surface area contributed by atoms with Crippen molar-refractivity contribution in [1.29, 1.82) is 0 Å². The van der Waals surface area contributed by atoms with Crippen molar-refractivity contribution in [1.82, 2.24) is 0 Å². The van der Waals surface area contributed by atoms with Gasteiger partial charge in [0.05, 0.1) is 11.2 Å². The summed E-state index contributed by atoms with van der Waals surface area (Å²) in [7, 11) is 0. The first-order valence-corrected chi connectivity index (χ1v) is 5.40. The van der Waals surface area contributed by atoms with E-state index in [1.54, 1.807) is 25.1 Å². The van der Waals surface area contributed by atoms with Crippen molar-refractivity contribution in [2.75, 3.05) is 5.32 Å². The van der Waals surface area contributed by atoms with Crippen LogP contribution in [0.1, 0.15) is 19.8 Å². The number of phenolic OH excluding ortho intramolecular Hbond substituents is 1. The summed E-state index contributed by atoms with van der Waals surface area (Å²) in [5, 5.41) is 12.2. The van der Waals surface area contributed by atoms with E-state index in [0.29, 0.717) is 5.69 Å². The van der Waals surface area contributed by atoms with Crippen molar-refractivity contribution in [3.8, 4) is 5.75 Å². The number of hydrogen-bond acceptors (Lipinski definition) is 3. The highest BCUT2D eigenvalue weighted by atomic mass is 16.3. The summed E-state index contributed by atoms with van der Waals surface area (Å²) in [5.74, 6) is 0.0808. The third-order valence-corrected chi connectivity index (χ3v) is 3.07. The van der Waals surface area contributed by atoms with Crippen LogP contribution >= 0.6 is 0 Å². The Hall–Kier alpha value is -1.55. The molecule has 0 radical (unpaired) electrons. The van der Waals surface area contributed by atoms with Crippen molar-refractivity contribution in [3.05, 3.63) is 24.3 Å². The lowest BCUT2D eigenvalue weighted by Crippen LogP contribution is -2.50. The van der Waals surface area contributed by atoms with Crippen LogP contribution in [0.5, 0.6) is 5.75 Å². The van der Waals surface area contributed by atoms with E-state index < -0.39 is 5.54 Å². The van der Waals surface area contributed by atoms with Gasteiger partial charge in [-0.2, -0.15) is 0 Å². The number of para-hydroxylation sites is 2. The maximum atomic E-state index is 11.9. The molecule has 0 spiro atoms. The maximum Gasteiger partial charge on any atom is 0.244 e. The molecule has 0 bridgehead atoms. The third kappa shape index (κ3) is 2.02. The number of amides is 1. The highest BCUT2D eigenvalue weighted by molar-refractivity contribution is 5.99. The van der Waals surface area contributed by atoms with Gasteiger partial charge in [0, 0.05) is 0 Å². The number of carbonyl (C=O) groups excluding carboxylic acids is 1. The number of anilines is 1. The summed E-state index contributed by atoms with van der Waals surface area (Å²) >= 11 is 0. The number of benzene rings is 1. The molecule has 1 aliphatic rings. The maximum absolute atomic E-state index is 11.9. The van der Waals surface area contributed by atoms with E-state index in [9.17, 15) is 9.90 Å². The molecule has 16 heavy (non-hydrogen) atoms. The second-order valence-corrected chi connectivity index (χ2v) is 4.53. The molecule has 1 aliphatic carbocycles. The van der Waals surface area contributed by atoms with Crippen LogP contribution in [0, 0.1) is 5.92 Å². The van der Waals surface area contributed by atoms with Gasteiger partial charge in [0.1, 0.15) is 5.75 Å². The lowest BCUT2D eigenvalue weighted by molar-refractivity contribution is -0.121. The van der Waals surface area contributed by atoms with Gasteiger partial charge in [0.2, 0.25) is 5.91 Å². The lowest BCUT2D eigenvalue weighted by Gasteiger charge is -2.23. The summed E-state index contributed by atoms with van der Waals surface area (Å²) in [6.07, 6.45) is 2.00. The zero-order chi connectivity index (χ0) is 11.8. The molecule has 2 rings (SSSR count). The molecule has 1 amide bonds. The topological polar surface area (TPSA) is 75.4 Å². The summed E-state index contributed by atoms with van der Waals surface area (Å²) in [4.78, 5) is 11.9. The van der Waals surface area contributed by atoms with E-state index in [0.717, 1.165) is 12.8 Å². The minimum Gasteiger partial charge on any atom is -0.506 e. The first-order chi connectivity index (χ1) is 7.51. The number of aromatic hydroxyl groups is 1. The van der Waals surface area contributed by atoms with Gasteiger partial charge >= 0.3 is 0 Å². The molecule has 1 aromatic rings. The Morgan fingerprint density at radius 1 is 1.50 bits per heavy atom. The molecule has 86 valence electrons. The molecule has 1 aromatic carbocycles. The number of carbonyl (C=O) groups is 1. The van der Waals surface area contributed by atoms with Crippen LogP contribution < -0.4 is 11.1 Å². The van der Waals surface area contributed by atoms with Gasteiger partial charge in [-0.15, -0.1) is 0 Å². The highest BCUT2D eigenvalue weighted by Crippen LogP contribution is 2.38. The number of nitrogens with one attached hydrogen (secondary N) is 1. The zero-order valence-corrected chi connectivity index (χ0v) is 9.23. The van der Waals surface area contributed by atoms with Gasteiger partial charge in [0.25, 0.3) is 0 Å². The number of hydrogen-bond donors (Lipinski definition) is 3. The molecule has 0 saturated heterocycles. The van der Waals surface area contributed by atoms with Crippen molar-refractivity contribution in [3.63, 3.8) is 0 Å². The van der Waals surface area contributed by atoms with Gasteiger partial charge in [-0.1, -0.05) is 12.1 Å². The highest BCUT2D eigenvalue weighted by Gasteiger charge is 2.44. The van der Waals surface area contributed by atoms with Crippen LogP contribution in [0.4, 0.5) is 5.69 Å². The average molecular weight is 220 g/mol. The van der Waals surface area contributed by atoms with Gasteiger partial charge in [-0.25, -0.2) is 0 Å². The Bertz CT molecular complexity index is 411. The minimum absolute atomic E-state index is 0.0578. The summed E-state index contributed by atoms with van der Waals surface area (Å²) in [6, 6.07) is 6.63. The van der Waals surface area contributed by atoms with Gasteiger partial charge in [-0.3, -0.25) is 4.79 Å². The summed E-state index contributed by atoms with van der Waals surface area (Å²) in [5.41, 5.74) is 5.53. The number of nitrogens with two attached hydrogens (primary N) is 1. The smallest absolute Gasteiger partial charge is 0.244 e. The molecule has 0 aliphatic heterocycles. The van der Waals surface area contributed by atoms with E-state index in [1.807, 2.05) is 0 Å². The molecule has 4 N–H and O–H groups in total. The Kier molecular flexibility index (Phi) is 2.59. The van der Waals surface area contributed by atoms with Gasteiger partial charge in [0.15, 0.2) is 0 Å². The van der Waals surface area contributed by atoms with Crippen LogP contribution in [0.2, 0.25) is 0 Å². The van der Waals surface area contributed by atoms with Crippen molar-refractivity contribution in [2.45, 2.75) is 25.3 Å². The normalized spacial score (nSPS) is 18.9. The zero-order valence-electron chi connectivity index (χ0n) is 9.23. The molecule has 0 aromatic heterocycles. The van der Waals surface area contributed by atoms with E-state index in [1.165, 1.54) is 6.07 Å². The second-order valence-electron chi connectivity index (χ2n) is 4.53. The average Bonchev–Trinajstić information content (AvgIpc) is 3.04. The van der Waals surface area contributed by atoms with Crippen molar-refractivity contribution in [2.24, 2.45) is 11.7 Å². The molecular formula is C12H16N2O2.